The van der Waals surface area contributed by atoms with Crippen molar-refractivity contribution in [3.8, 4) is 5.75 Å². The molecule has 1 atom stereocenters. The molecule has 3 amide bonds. The fourth-order valence-corrected chi connectivity index (χ4v) is 2.38. The molecule has 28 heavy (non-hydrogen) atoms. The van der Waals surface area contributed by atoms with Crippen LogP contribution in [0.3, 0.4) is 0 Å². The van der Waals surface area contributed by atoms with E-state index in [1.54, 1.807) is 31.2 Å². The van der Waals surface area contributed by atoms with E-state index < -0.39 is 24.0 Å². The van der Waals surface area contributed by atoms with Gasteiger partial charge < -0.3 is 14.8 Å². The summed E-state index contributed by atoms with van der Waals surface area (Å²) in [5.74, 6) is -0.874. The number of urea groups is 1. The van der Waals surface area contributed by atoms with Gasteiger partial charge in [-0.25, -0.2) is 9.59 Å². The standard InChI is InChI=1S/C21H24N2O5/c1-4-22-21(26)23-19(24)15(3)28-20(25)17-9-6-10-18(12-17)27-13-16-8-5-7-14(2)11-16/h5-12,15H,4,13H2,1-3H3,(H2,22,23,24,26). The monoisotopic (exact) mass is 384 g/mol. The first-order chi connectivity index (χ1) is 13.4. The Bertz CT molecular complexity index is 850. The average molecular weight is 384 g/mol. The lowest BCUT2D eigenvalue weighted by molar-refractivity contribution is -0.127. The second-order valence-corrected chi connectivity index (χ2v) is 6.20. The molecule has 7 nitrogen and oxygen atoms in total. The van der Waals surface area contributed by atoms with Crippen molar-refractivity contribution >= 4 is 17.9 Å². The number of carbonyl (C=O) groups excluding carboxylic acids is 3. The summed E-state index contributed by atoms with van der Waals surface area (Å²) >= 11 is 0. The number of benzene rings is 2. The normalized spacial score (nSPS) is 11.2. The maximum atomic E-state index is 12.3. The first-order valence-corrected chi connectivity index (χ1v) is 8.97. The number of imide groups is 1. The largest absolute Gasteiger partial charge is 0.489 e. The van der Waals surface area contributed by atoms with Gasteiger partial charge in [0, 0.05) is 6.54 Å². The number of amides is 3. The molecule has 0 aromatic heterocycles. The number of aryl methyl sites for hydroxylation is 1. The van der Waals surface area contributed by atoms with Gasteiger partial charge in [-0.3, -0.25) is 10.1 Å². The molecular weight excluding hydrogens is 360 g/mol. The molecule has 0 spiro atoms. The second-order valence-electron chi connectivity index (χ2n) is 6.20. The van der Waals surface area contributed by atoms with E-state index in [1.807, 2.05) is 31.2 Å². The number of esters is 1. The van der Waals surface area contributed by atoms with Gasteiger partial charge in [-0.05, 0) is 44.5 Å². The van der Waals surface area contributed by atoms with E-state index in [-0.39, 0.29) is 5.56 Å². The fourth-order valence-electron chi connectivity index (χ4n) is 2.38. The Labute approximate surface area is 164 Å². The molecule has 0 aliphatic carbocycles. The Morgan fingerprint density at radius 2 is 1.82 bits per heavy atom. The van der Waals surface area contributed by atoms with Gasteiger partial charge in [0.15, 0.2) is 6.10 Å². The number of nitrogens with one attached hydrogen (secondary N) is 2. The van der Waals surface area contributed by atoms with Crippen molar-refractivity contribution in [2.24, 2.45) is 0 Å². The van der Waals surface area contributed by atoms with Crippen LogP contribution in [0.25, 0.3) is 0 Å². The number of ether oxygens (including phenoxy) is 2. The van der Waals surface area contributed by atoms with Gasteiger partial charge >= 0.3 is 12.0 Å². The minimum absolute atomic E-state index is 0.249. The van der Waals surface area contributed by atoms with Gasteiger partial charge in [0.2, 0.25) is 0 Å². The summed E-state index contributed by atoms with van der Waals surface area (Å²) in [7, 11) is 0. The third-order valence-corrected chi connectivity index (χ3v) is 3.78. The maximum Gasteiger partial charge on any atom is 0.339 e. The highest BCUT2D eigenvalue weighted by Crippen LogP contribution is 2.17. The summed E-state index contributed by atoms with van der Waals surface area (Å²) in [6, 6.07) is 13.8. The van der Waals surface area contributed by atoms with E-state index in [2.05, 4.69) is 10.6 Å². The lowest BCUT2D eigenvalue weighted by atomic mass is 10.1. The summed E-state index contributed by atoms with van der Waals surface area (Å²) in [6.45, 7) is 5.86. The highest BCUT2D eigenvalue weighted by molar-refractivity contribution is 5.98. The molecule has 0 heterocycles. The summed E-state index contributed by atoms with van der Waals surface area (Å²) in [6.07, 6.45) is -1.12. The van der Waals surface area contributed by atoms with Gasteiger partial charge in [0.05, 0.1) is 5.56 Å². The van der Waals surface area contributed by atoms with Gasteiger partial charge in [-0.2, -0.15) is 0 Å². The minimum Gasteiger partial charge on any atom is -0.489 e. The number of carbonyl (C=O) groups is 3. The molecule has 2 rings (SSSR count). The predicted octanol–water partition coefficient (Wildman–Crippen LogP) is 2.97. The van der Waals surface area contributed by atoms with E-state index in [0.29, 0.717) is 18.9 Å². The lowest BCUT2D eigenvalue weighted by Crippen LogP contribution is -2.44. The maximum absolute atomic E-state index is 12.3. The zero-order chi connectivity index (χ0) is 20.5. The molecule has 2 N–H and O–H groups in total. The Balaban J connectivity index is 1.93. The van der Waals surface area contributed by atoms with Gasteiger partial charge in [0.25, 0.3) is 5.91 Å². The molecule has 0 saturated carbocycles. The van der Waals surface area contributed by atoms with E-state index in [9.17, 15) is 14.4 Å². The van der Waals surface area contributed by atoms with E-state index >= 15 is 0 Å². The van der Waals surface area contributed by atoms with Gasteiger partial charge in [-0.1, -0.05) is 35.9 Å². The van der Waals surface area contributed by atoms with Crippen molar-refractivity contribution < 1.29 is 23.9 Å². The van der Waals surface area contributed by atoms with Crippen molar-refractivity contribution in [3.63, 3.8) is 0 Å². The van der Waals surface area contributed by atoms with E-state index in [4.69, 9.17) is 9.47 Å². The summed E-state index contributed by atoms with van der Waals surface area (Å²) < 4.78 is 10.9. The van der Waals surface area contributed by atoms with Crippen LogP contribution < -0.4 is 15.4 Å². The van der Waals surface area contributed by atoms with Crippen LogP contribution in [-0.2, 0) is 16.1 Å². The second kappa shape index (κ2) is 10.1. The molecule has 2 aromatic carbocycles. The average Bonchev–Trinajstić information content (AvgIpc) is 2.66. The zero-order valence-corrected chi connectivity index (χ0v) is 16.2. The number of rotatable bonds is 7. The van der Waals surface area contributed by atoms with Gasteiger partial charge in [0.1, 0.15) is 12.4 Å². The van der Waals surface area contributed by atoms with Crippen LogP contribution in [0.4, 0.5) is 4.79 Å². The van der Waals surface area contributed by atoms with E-state index in [0.717, 1.165) is 11.1 Å². The Morgan fingerprint density at radius 3 is 2.54 bits per heavy atom. The van der Waals surface area contributed by atoms with Crippen LogP contribution in [-0.4, -0.2) is 30.6 Å². The Kier molecular flexibility index (Phi) is 7.56. The van der Waals surface area contributed by atoms with Crippen LogP contribution in [0.15, 0.2) is 48.5 Å². The smallest absolute Gasteiger partial charge is 0.339 e. The molecule has 148 valence electrons. The van der Waals surface area contributed by atoms with Crippen molar-refractivity contribution in [2.45, 2.75) is 33.5 Å². The Morgan fingerprint density at radius 1 is 1.07 bits per heavy atom. The lowest BCUT2D eigenvalue weighted by Gasteiger charge is -2.13. The van der Waals surface area contributed by atoms with Crippen LogP contribution in [0.2, 0.25) is 0 Å². The van der Waals surface area contributed by atoms with E-state index in [1.165, 1.54) is 6.92 Å². The molecular formula is C21H24N2O5. The summed E-state index contributed by atoms with van der Waals surface area (Å²) in [5.41, 5.74) is 2.40. The highest BCUT2D eigenvalue weighted by atomic mass is 16.5. The molecule has 0 bridgehead atoms. The quantitative estimate of drug-likeness (QED) is 0.716. The van der Waals surface area contributed by atoms with Crippen molar-refractivity contribution in [2.75, 3.05) is 6.54 Å². The number of hydrogen-bond donors (Lipinski definition) is 2. The van der Waals surface area contributed by atoms with Crippen LogP contribution in [0.5, 0.6) is 5.75 Å². The van der Waals surface area contributed by atoms with Crippen LogP contribution >= 0.6 is 0 Å². The van der Waals surface area contributed by atoms with Crippen LogP contribution in [0, 0.1) is 6.92 Å². The summed E-state index contributed by atoms with van der Waals surface area (Å²) in [4.78, 5) is 35.5. The molecule has 2 aromatic rings. The molecule has 0 aliphatic heterocycles. The summed E-state index contributed by atoms with van der Waals surface area (Å²) in [5, 5.41) is 4.53. The van der Waals surface area contributed by atoms with Crippen molar-refractivity contribution in [1.29, 1.82) is 0 Å². The highest BCUT2D eigenvalue weighted by Gasteiger charge is 2.20. The zero-order valence-electron chi connectivity index (χ0n) is 16.2. The Hall–Kier alpha value is -3.35. The SMILES string of the molecule is CCNC(=O)NC(=O)C(C)OC(=O)c1cccc(OCc2cccc(C)c2)c1. The fraction of sp³-hybridized carbons (Fsp3) is 0.286. The molecule has 1 unspecified atom stereocenters. The molecule has 7 heteroatoms. The van der Waals surface area contributed by atoms with Crippen molar-refractivity contribution in [3.05, 3.63) is 65.2 Å². The topological polar surface area (TPSA) is 93.7 Å². The molecule has 0 saturated heterocycles. The van der Waals surface area contributed by atoms with Crippen LogP contribution in [0.1, 0.15) is 35.3 Å². The predicted molar refractivity (Wildman–Crippen MR) is 104 cm³/mol. The molecule has 0 fully saturated rings. The number of hydrogen-bond acceptors (Lipinski definition) is 5. The first kappa shape index (κ1) is 21.0. The third kappa shape index (κ3) is 6.42. The van der Waals surface area contributed by atoms with Crippen molar-refractivity contribution in [1.82, 2.24) is 10.6 Å². The third-order valence-electron chi connectivity index (χ3n) is 3.78. The minimum atomic E-state index is -1.12. The molecule has 0 aliphatic rings. The molecule has 0 radical (unpaired) electrons. The first-order valence-electron chi connectivity index (χ1n) is 8.97. The van der Waals surface area contributed by atoms with Gasteiger partial charge in [-0.15, -0.1) is 0 Å².